The van der Waals surface area contributed by atoms with Gasteiger partial charge in [-0.1, -0.05) is 68.4 Å². The molecule has 29 heavy (non-hydrogen) atoms. The lowest BCUT2D eigenvalue weighted by Gasteiger charge is -2.06. The second-order valence-electron chi connectivity index (χ2n) is 7.42. The van der Waals surface area contributed by atoms with Crippen LogP contribution in [0.1, 0.15) is 40.5 Å². The van der Waals surface area contributed by atoms with Gasteiger partial charge in [-0.05, 0) is 53.2 Å². The van der Waals surface area contributed by atoms with E-state index in [9.17, 15) is 0 Å². The van der Waals surface area contributed by atoms with E-state index in [0.717, 1.165) is 27.5 Å². The molecule has 2 heterocycles. The molecule has 0 aliphatic heterocycles. The molecule has 0 saturated heterocycles. The first kappa shape index (κ1) is 14.6. The van der Waals surface area contributed by atoms with Gasteiger partial charge in [0.1, 0.15) is 11.2 Å². The third kappa shape index (κ3) is 3.31. The Hall–Kier alpha value is -3.39. The summed E-state index contributed by atoms with van der Waals surface area (Å²) in [5.41, 5.74) is 4.96. The number of hydrogen-bond acceptors (Lipinski definition) is 2. The summed E-state index contributed by atoms with van der Waals surface area (Å²) in [6.45, 7) is 3.72. The molecule has 0 bridgehead atoms. The van der Waals surface area contributed by atoms with Gasteiger partial charge in [0, 0.05) is 26.6 Å². The number of benzene rings is 3. The summed E-state index contributed by atoms with van der Waals surface area (Å²) in [5, 5.41) is 1.97. The van der Waals surface area contributed by atoms with Crippen LogP contribution in [0.4, 0.5) is 0 Å². The van der Waals surface area contributed by atoms with Crippen molar-refractivity contribution in [3.63, 3.8) is 0 Å². The fraction of sp³-hybridized carbons (Fsp3) is 0.148. The molecule has 0 spiro atoms. The Morgan fingerprint density at radius 1 is 0.897 bits per heavy atom. The average molecular weight is 381 g/mol. The Bertz CT molecular complexity index is 1430. The molecular formula is C27H23NO. The monoisotopic (exact) mass is 380 g/mol. The number of para-hydroxylation sites is 1. The van der Waals surface area contributed by atoms with Gasteiger partial charge in [-0.25, -0.2) is 0 Å². The second kappa shape index (κ2) is 7.21. The van der Waals surface area contributed by atoms with Crippen LogP contribution in [-0.4, -0.2) is 4.98 Å². The van der Waals surface area contributed by atoms with Crippen molar-refractivity contribution in [3.05, 3.63) is 102 Å². The predicted molar refractivity (Wildman–Crippen MR) is 120 cm³/mol. The van der Waals surface area contributed by atoms with E-state index in [0.29, 0.717) is 22.4 Å². The molecule has 2 aromatic heterocycles. The Morgan fingerprint density at radius 3 is 2.59 bits per heavy atom. The zero-order valence-corrected chi connectivity index (χ0v) is 16.4. The molecule has 0 aliphatic rings. The molecule has 2 heteroatoms. The van der Waals surface area contributed by atoms with Gasteiger partial charge in [0.05, 0.1) is 5.69 Å². The number of aromatic nitrogens is 1. The maximum absolute atomic E-state index is 8.70. The maximum Gasteiger partial charge on any atom is 0.144 e. The number of rotatable bonds is 4. The largest absolute Gasteiger partial charge is 0.455 e. The first-order valence-corrected chi connectivity index (χ1v) is 9.73. The van der Waals surface area contributed by atoms with E-state index in [4.69, 9.17) is 8.53 Å². The van der Waals surface area contributed by atoms with Crippen LogP contribution in [0.25, 0.3) is 33.2 Å². The number of fused-ring (bicyclic) bond motifs is 3. The Kier molecular flexibility index (Phi) is 3.63. The lowest BCUT2D eigenvalue weighted by molar-refractivity contribution is 0.668. The molecular weight excluding hydrogens is 354 g/mol. The van der Waals surface area contributed by atoms with E-state index in [1.54, 1.807) is 30.5 Å². The molecule has 2 nitrogen and oxygen atoms in total. The summed E-state index contributed by atoms with van der Waals surface area (Å²) in [5.74, 6) is -0.713. The highest BCUT2D eigenvalue weighted by atomic mass is 16.3. The van der Waals surface area contributed by atoms with Crippen LogP contribution in [-0.2, 0) is 6.37 Å². The lowest BCUT2D eigenvalue weighted by atomic mass is 10.00. The molecule has 0 amide bonds. The molecule has 142 valence electrons. The summed E-state index contributed by atoms with van der Waals surface area (Å²) in [7, 11) is 0. The minimum absolute atomic E-state index is 0.542. The minimum Gasteiger partial charge on any atom is -0.455 e. The van der Waals surface area contributed by atoms with Crippen LogP contribution in [0, 0.1) is 0 Å². The molecule has 0 fully saturated rings. The van der Waals surface area contributed by atoms with Gasteiger partial charge in [0.25, 0.3) is 0 Å². The van der Waals surface area contributed by atoms with Crippen molar-refractivity contribution in [1.29, 1.82) is 0 Å². The first-order chi connectivity index (χ1) is 15.2. The molecule has 0 aliphatic carbocycles. The normalized spacial score (nSPS) is 13.9. The van der Waals surface area contributed by atoms with E-state index in [-0.39, 0.29) is 0 Å². The van der Waals surface area contributed by atoms with Crippen molar-refractivity contribution in [2.75, 3.05) is 0 Å². The van der Waals surface area contributed by atoms with Crippen molar-refractivity contribution < 1.29 is 8.53 Å². The fourth-order valence-electron chi connectivity index (χ4n) is 3.65. The Balaban J connectivity index is 1.66. The lowest BCUT2D eigenvalue weighted by Crippen LogP contribution is -1.91. The average Bonchev–Trinajstić information content (AvgIpc) is 3.17. The van der Waals surface area contributed by atoms with Crippen LogP contribution >= 0.6 is 0 Å². The third-order valence-electron chi connectivity index (χ3n) is 5.17. The van der Waals surface area contributed by atoms with Crippen molar-refractivity contribution in [3.8, 4) is 11.3 Å². The Morgan fingerprint density at radius 2 is 1.76 bits per heavy atom. The standard InChI is InChI=1S/C27H23NO/c1-18(2)21-11-12-22-23-9-6-10-24(27(23)29-26(22)17-21)25-16-20(13-14-28-25)15-19-7-4-3-5-8-19/h3-14,16-18H,15H2,1-2H3/i15D2,18D. The molecule has 0 radical (unpaired) electrons. The Labute approximate surface area is 175 Å². The first-order valence-electron chi connectivity index (χ1n) is 11.2. The maximum atomic E-state index is 8.70. The summed E-state index contributed by atoms with van der Waals surface area (Å²) >= 11 is 0. The van der Waals surface area contributed by atoms with Gasteiger partial charge < -0.3 is 4.42 Å². The topological polar surface area (TPSA) is 26.0 Å². The van der Waals surface area contributed by atoms with Crippen LogP contribution in [0.3, 0.4) is 0 Å². The van der Waals surface area contributed by atoms with E-state index >= 15 is 0 Å². The highest BCUT2D eigenvalue weighted by molar-refractivity contribution is 6.09. The van der Waals surface area contributed by atoms with Crippen molar-refractivity contribution in [1.82, 2.24) is 4.98 Å². The van der Waals surface area contributed by atoms with Gasteiger partial charge in [0.2, 0.25) is 0 Å². The number of hydrogen-bond donors (Lipinski definition) is 0. The summed E-state index contributed by atoms with van der Waals surface area (Å²) in [6, 6.07) is 24.5. The number of nitrogens with zero attached hydrogens (tertiary/aromatic N) is 1. The van der Waals surface area contributed by atoms with Crippen LogP contribution < -0.4 is 0 Å². The molecule has 5 aromatic rings. The van der Waals surface area contributed by atoms with Gasteiger partial charge in [-0.3, -0.25) is 4.98 Å². The van der Waals surface area contributed by atoms with Gasteiger partial charge in [-0.15, -0.1) is 0 Å². The molecule has 0 unspecified atom stereocenters. The van der Waals surface area contributed by atoms with Crippen LogP contribution in [0.5, 0.6) is 0 Å². The molecule has 0 N–H and O–H groups in total. The van der Waals surface area contributed by atoms with E-state index in [1.165, 1.54) is 0 Å². The van der Waals surface area contributed by atoms with Crippen molar-refractivity contribution in [2.24, 2.45) is 0 Å². The summed E-state index contributed by atoms with van der Waals surface area (Å²) in [4.78, 5) is 4.54. The predicted octanol–water partition coefficient (Wildman–Crippen LogP) is 7.36. The van der Waals surface area contributed by atoms with E-state index < -0.39 is 12.3 Å². The fourth-order valence-corrected chi connectivity index (χ4v) is 3.65. The van der Waals surface area contributed by atoms with E-state index in [1.807, 2.05) is 68.4 Å². The highest BCUT2D eigenvalue weighted by Crippen LogP contribution is 2.36. The van der Waals surface area contributed by atoms with Gasteiger partial charge in [-0.2, -0.15) is 0 Å². The minimum atomic E-state index is -1.64. The SMILES string of the molecule is [2H]C(C)(C)c1ccc2c(c1)oc1c(-c3cc(C([2H])([2H])c4ccccc4)ccn3)cccc12. The van der Waals surface area contributed by atoms with Gasteiger partial charge >= 0.3 is 0 Å². The van der Waals surface area contributed by atoms with Crippen LogP contribution in [0.2, 0.25) is 0 Å². The smallest absolute Gasteiger partial charge is 0.144 e. The van der Waals surface area contributed by atoms with Crippen molar-refractivity contribution >= 4 is 21.9 Å². The molecule has 0 atom stereocenters. The molecule has 0 saturated carbocycles. The van der Waals surface area contributed by atoms with E-state index in [2.05, 4.69) is 4.98 Å². The van der Waals surface area contributed by atoms with Crippen LogP contribution in [0.15, 0.2) is 89.5 Å². The summed E-state index contributed by atoms with van der Waals surface area (Å²) < 4.78 is 32.0. The zero-order valence-electron chi connectivity index (χ0n) is 19.4. The van der Waals surface area contributed by atoms with Gasteiger partial charge in [0.15, 0.2) is 0 Å². The second-order valence-corrected chi connectivity index (χ2v) is 7.42. The molecule has 3 aromatic carbocycles. The summed E-state index contributed by atoms with van der Waals surface area (Å²) in [6.07, 6.45) is 0.00295. The zero-order chi connectivity index (χ0) is 22.5. The number of furan rings is 1. The third-order valence-corrected chi connectivity index (χ3v) is 5.17. The van der Waals surface area contributed by atoms with Crippen molar-refractivity contribution in [2.45, 2.75) is 26.1 Å². The molecule has 5 rings (SSSR count). The quantitative estimate of drug-likeness (QED) is 0.325. The number of pyridine rings is 1. The highest BCUT2D eigenvalue weighted by Gasteiger charge is 2.14.